The van der Waals surface area contributed by atoms with E-state index in [1.807, 2.05) is 11.8 Å². The van der Waals surface area contributed by atoms with E-state index in [9.17, 15) is 19.5 Å². The van der Waals surface area contributed by atoms with Crippen LogP contribution in [0.15, 0.2) is 12.7 Å². The first-order valence-corrected chi connectivity index (χ1v) is 12.8. The number of aliphatic hydroxyl groups excluding tert-OH is 1. The maximum absolute atomic E-state index is 14.0. The third-order valence-corrected chi connectivity index (χ3v) is 9.29. The van der Waals surface area contributed by atoms with E-state index in [0.29, 0.717) is 26.1 Å². The first kappa shape index (κ1) is 25.1. The van der Waals surface area contributed by atoms with Gasteiger partial charge in [-0.1, -0.05) is 25.8 Å². The zero-order valence-corrected chi connectivity index (χ0v) is 20.5. The maximum atomic E-state index is 14.0. The minimum atomic E-state index is -0.626. The highest BCUT2D eigenvalue weighted by Crippen LogP contribution is 2.71. The second-order valence-electron chi connectivity index (χ2n) is 9.37. The van der Waals surface area contributed by atoms with Gasteiger partial charge >= 0.3 is 5.97 Å². The molecule has 1 N–H and O–H groups in total. The Morgan fingerprint density at radius 3 is 2.69 bits per heavy atom. The van der Waals surface area contributed by atoms with Gasteiger partial charge < -0.3 is 19.6 Å². The first-order valence-electron chi connectivity index (χ1n) is 12.0. The lowest BCUT2D eigenvalue weighted by Crippen LogP contribution is -2.55. The Morgan fingerprint density at radius 2 is 2.06 bits per heavy atom. The summed E-state index contributed by atoms with van der Waals surface area (Å²) in [5, 5.41) is 9.43. The molecule has 3 fully saturated rings. The Balaban J connectivity index is 1.99. The van der Waals surface area contributed by atoms with Crippen molar-refractivity contribution >= 4 is 29.5 Å². The molecular weight excluding hydrogens is 428 g/mol. The summed E-state index contributed by atoms with van der Waals surface area (Å²) in [6, 6.07) is -0.626. The Morgan fingerprint density at radius 1 is 1.31 bits per heavy atom. The van der Waals surface area contributed by atoms with Gasteiger partial charge in [0.1, 0.15) is 6.04 Å². The third kappa shape index (κ3) is 4.09. The molecule has 1 spiro atoms. The molecular formula is C24H38N2O5S. The normalized spacial score (nSPS) is 32.8. The van der Waals surface area contributed by atoms with Gasteiger partial charge in [-0.15, -0.1) is 18.3 Å². The molecule has 5 atom stereocenters. The van der Waals surface area contributed by atoms with Crippen molar-refractivity contribution in [1.29, 1.82) is 0 Å². The largest absolute Gasteiger partial charge is 0.466 e. The van der Waals surface area contributed by atoms with E-state index in [1.165, 1.54) is 0 Å². The number of likely N-dealkylation sites (tertiary alicyclic amines) is 1. The molecule has 0 saturated carbocycles. The number of amides is 2. The second kappa shape index (κ2) is 10.2. The number of unbranched alkanes of at least 4 members (excludes halogenated alkanes) is 2. The van der Waals surface area contributed by atoms with Crippen LogP contribution in [0.2, 0.25) is 0 Å². The third-order valence-electron chi connectivity index (χ3n) is 7.30. The number of carbonyl (C=O) groups excluding carboxylic acids is 3. The summed E-state index contributed by atoms with van der Waals surface area (Å²) < 4.78 is 4.36. The van der Waals surface area contributed by atoms with Crippen LogP contribution >= 0.6 is 11.8 Å². The molecule has 0 radical (unpaired) electrons. The number of carbonyl (C=O) groups is 3. The zero-order chi connectivity index (χ0) is 23.5. The van der Waals surface area contributed by atoms with E-state index in [2.05, 4.69) is 13.5 Å². The number of esters is 1. The Labute approximate surface area is 195 Å². The van der Waals surface area contributed by atoms with Gasteiger partial charge in [-0.2, -0.15) is 0 Å². The number of hydrogen-bond donors (Lipinski definition) is 1. The molecule has 3 rings (SSSR count). The van der Waals surface area contributed by atoms with Crippen molar-refractivity contribution in [2.24, 2.45) is 11.8 Å². The Kier molecular flexibility index (Phi) is 7.97. The molecule has 8 heteroatoms. The fourth-order valence-corrected chi connectivity index (χ4v) is 8.29. The Bertz CT molecular complexity index is 746. The summed E-state index contributed by atoms with van der Waals surface area (Å²) in [6.45, 7) is 11.4. The predicted molar refractivity (Wildman–Crippen MR) is 125 cm³/mol. The van der Waals surface area contributed by atoms with Gasteiger partial charge in [0.25, 0.3) is 0 Å². The zero-order valence-electron chi connectivity index (χ0n) is 19.7. The fourth-order valence-electron chi connectivity index (χ4n) is 5.95. The smallest absolute Gasteiger partial charge is 0.311 e. The molecule has 2 unspecified atom stereocenters. The van der Waals surface area contributed by atoms with Crippen molar-refractivity contribution in [2.75, 3.05) is 32.8 Å². The minimum Gasteiger partial charge on any atom is -0.466 e. The van der Waals surface area contributed by atoms with Crippen LogP contribution in [0.3, 0.4) is 0 Å². The van der Waals surface area contributed by atoms with Crippen molar-refractivity contribution in [3.05, 3.63) is 12.7 Å². The summed E-state index contributed by atoms with van der Waals surface area (Å²) in [5.74, 6) is -1.63. The number of rotatable bonds is 12. The summed E-state index contributed by atoms with van der Waals surface area (Å²) >= 11 is 1.66. The summed E-state index contributed by atoms with van der Waals surface area (Å²) in [4.78, 5) is 44.2. The van der Waals surface area contributed by atoms with Crippen LogP contribution in [-0.4, -0.2) is 81.1 Å². The predicted octanol–water partition coefficient (Wildman–Crippen LogP) is 2.62. The molecule has 3 aliphatic rings. The quantitative estimate of drug-likeness (QED) is 0.270. The summed E-state index contributed by atoms with van der Waals surface area (Å²) in [7, 11) is 0. The van der Waals surface area contributed by atoms with Crippen LogP contribution < -0.4 is 0 Å². The van der Waals surface area contributed by atoms with E-state index in [4.69, 9.17) is 4.74 Å². The van der Waals surface area contributed by atoms with Crippen LogP contribution in [0, 0.1) is 11.8 Å². The van der Waals surface area contributed by atoms with E-state index in [-0.39, 0.29) is 31.0 Å². The van der Waals surface area contributed by atoms with Crippen molar-refractivity contribution < 1.29 is 24.2 Å². The lowest BCUT2D eigenvalue weighted by molar-refractivity contribution is -0.155. The van der Waals surface area contributed by atoms with Gasteiger partial charge in [-0.05, 0) is 39.5 Å². The molecule has 2 amide bonds. The molecule has 0 aromatic heterocycles. The van der Waals surface area contributed by atoms with E-state index in [1.54, 1.807) is 29.7 Å². The molecule has 0 aliphatic carbocycles. The van der Waals surface area contributed by atoms with Crippen LogP contribution in [-0.2, 0) is 19.1 Å². The van der Waals surface area contributed by atoms with Crippen LogP contribution in [0.25, 0.3) is 0 Å². The van der Waals surface area contributed by atoms with Gasteiger partial charge in [0, 0.05) is 31.0 Å². The standard InChI is InChI=1S/C24H38N2O5S/c1-5-8-9-14-25(13-6-2)21(29)19-24-12-11-23(4,32-24)18(22(30)31-7-3)17(24)20(28)26(19)15-10-16-27/h6,17-19,27H,2,5,7-16H2,1,3-4H3/t17-,18+,19?,23-,24?/m0/s1. The highest BCUT2D eigenvalue weighted by Gasteiger charge is 2.77. The minimum absolute atomic E-state index is 0.0542. The SMILES string of the molecule is C=CCN(CCCCC)C(=O)C1N(CCCO)C(=O)[C@@H]2[C@H](C(=O)OCC)[C@]3(C)CCC12S3. The van der Waals surface area contributed by atoms with Crippen molar-refractivity contribution in [2.45, 2.75) is 74.8 Å². The number of thioether (sulfide) groups is 1. The van der Waals surface area contributed by atoms with Gasteiger partial charge in [-0.25, -0.2) is 0 Å². The molecule has 2 bridgehead atoms. The number of fused-ring (bicyclic) bond motifs is 1. The van der Waals surface area contributed by atoms with E-state index >= 15 is 0 Å². The second-order valence-corrected chi connectivity index (χ2v) is 11.3. The molecule has 32 heavy (non-hydrogen) atoms. The fraction of sp³-hybridized carbons (Fsp3) is 0.792. The summed E-state index contributed by atoms with van der Waals surface area (Å²) in [5.41, 5.74) is 0. The van der Waals surface area contributed by atoms with Crippen molar-refractivity contribution in [3.8, 4) is 0 Å². The van der Waals surface area contributed by atoms with Gasteiger partial charge in [0.15, 0.2) is 0 Å². The molecule has 180 valence electrons. The number of aliphatic hydroxyl groups is 1. The monoisotopic (exact) mass is 466 g/mol. The van der Waals surface area contributed by atoms with Crippen LogP contribution in [0.4, 0.5) is 0 Å². The molecule has 0 aromatic rings. The molecule has 3 saturated heterocycles. The number of hydrogen-bond acceptors (Lipinski definition) is 6. The topological polar surface area (TPSA) is 87.2 Å². The van der Waals surface area contributed by atoms with Crippen LogP contribution in [0.5, 0.6) is 0 Å². The highest BCUT2D eigenvalue weighted by atomic mass is 32.2. The van der Waals surface area contributed by atoms with E-state index < -0.39 is 27.4 Å². The molecule has 3 aliphatic heterocycles. The number of ether oxygens (including phenoxy) is 1. The molecule has 0 aromatic carbocycles. The highest BCUT2D eigenvalue weighted by molar-refractivity contribution is 8.02. The van der Waals surface area contributed by atoms with Gasteiger partial charge in [0.05, 0.1) is 23.2 Å². The average molecular weight is 467 g/mol. The summed E-state index contributed by atoms with van der Waals surface area (Å²) in [6.07, 6.45) is 6.63. The number of nitrogens with zero attached hydrogens (tertiary/aromatic N) is 2. The molecule has 3 heterocycles. The average Bonchev–Trinajstić information content (AvgIpc) is 3.32. The lowest BCUT2D eigenvalue weighted by Gasteiger charge is -2.37. The van der Waals surface area contributed by atoms with E-state index in [0.717, 1.165) is 32.1 Å². The first-order chi connectivity index (χ1) is 15.3. The maximum Gasteiger partial charge on any atom is 0.311 e. The van der Waals surface area contributed by atoms with Crippen molar-refractivity contribution in [3.63, 3.8) is 0 Å². The lowest BCUT2D eigenvalue weighted by atomic mass is 9.66. The Hall–Kier alpha value is -1.54. The molecule has 7 nitrogen and oxygen atoms in total. The van der Waals surface area contributed by atoms with Gasteiger partial charge in [0.2, 0.25) is 11.8 Å². The van der Waals surface area contributed by atoms with Crippen molar-refractivity contribution in [1.82, 2.24) is 9.80 Å². The van der Waals surface area contributed by atoms with Crippen LogP contribution in [0.1, 0.15) is 59.3 Å². The van der Waals surface area contributed by atoms with Gasteiger partial charge in [-0.3, -0.25) is 14.4 Å².